The minimum atomic E-state index is -0.327. The van der Waals surface area contributed by atoms with E-state index in [0.29, 0.717) is 0 Å². The van der Waals surface area contributed by atoms with E-state index in [4.69, 9.17) is 0 Å². The number of carbonyl (C=O) groups is 1. The minimum Gasteiger partial charge on any atom is -0.310 e. The summed E-state index contributed by atoms with van der Waals surface area (Å²) in [6.45, 7) is 3.78. The Morgan fingerprint density at radius 2 is 2.00 bits per heavy atom. The SMILES string of the molecule is CN1CCC(C)(C(=O)Nc2cc(-c3ccccc3)nn2C)C1. The monoisotopic (exact) mass is 298 g/mol. The van der Waals surface area contributed by atoms with E-state index in [0.717, 1.165) is 36.6 Å². The highest BCUT2D eigenvalue weighted by Crippen LogP contribution is 2.31. The molecule has 1 fully saturated rings. The lowest BCUT2D eigenvalue weighted by atomic mass is 9.89. The molecule has 1 unspecified atom stereocenters. The molecule has 0 saturated carbocycles. The van der Waals surface area contributed by atoms with Gasteiger partial charge in [-0.1, -0.05) is 30.3 Å². The number of nitrogens with zero attached hydrogens (tertiary/aromatic N) is 3. The molecule has 1 amide bonds. The van der Waals surface area contributed by atoms with Gasteiger partial charge in [-0.25, -0.2) is 0 Å². The Hall–Kier alpha value is -2.14. The van der Waals surface area contributed by atoms with Gasteiger partial charge in [0, 0.05) is 25.2 Å². The highest BCUT2D eigenvalue weighted by molar-refractivity contribution is 5.95. The van der Waals surface area contributed by atoms with Crippen molar-refractivity contribution in [3.05, 3.63) is 36.4 Å². The van der Waals surface area contributed by atoms with Crippen LogP contribution in [0.3, 0.4) is 0 Å². The maximum atomic E-state index is 12.6. The fourth-order valence-electron chi connectivity index (χ4n) is 2.98. The highest BCUT2D eigenvalue weighted by Gasteiger charge is 2.39. The number of likely N-dealkylation sites (tertiary alicyclic amines) is 1. The zero-order valence-electron chi connectivity index (χ0n) is 13.3. The Labute approximate surface area is 130 Å². The Kier molecular flexibility index (Phi) is 3.74. The average molecular weight is 298 g/mol. The molecule has 2 aromatic rings. The second-order valence-corrected chi connectivity index (χ2v) is 6.41. The van der Waals surface area contributed by atoms with Gasteiger partial charge in [-0.15, -0.1) is 0 Å². The summed E-state index contributed by atoms with van der Waals surface area (Å²) in [5.74, 6) is 0.805. The lowest BCUT2D eigenvalue weighted by Crippen LogP contribution is -2.36. The molecule has 1 aliphatic heterocycles. The van der Waals surface area contributed by atoms with Crippen molar-refractivity contribution in [3.8, 4) is 11.3 Å². The summed E-state index contributed by atoms with van der Waals surface area (Å²) in [7, 11) is 3.90. The Balaban J connectivity index is 1.79. The van der Waals surface area contributed by atoms with Crippen LogP contribution in [0, 0.1) is 5.41 Å². The molecular formula is C17H22N4O. The zero-order chi connectivity index (χ0) is 15.7. The highest BCUT2D eigenvalue weighted by atomic mass is 16.2. The predicted molar refractivity (Wildman–Crippen MR) is 87.5 cm³/mol. The maximum absolute atomic E-state index is 12.6. The van der Waals surface area contributed by atoms with Gasteiger partial charge in [0.2, 0.25) is 5.91 Å². The number of carbonyl (C=O) groups excluding carboxylic acids is 1. The fourth-order valence-corrected chi connectivity index (χ4v) is 2.98. The van der Waals surface area contributed by atoms with E-state index >= 15 is 0 Å². The number of anilines is 1. The van der Waals surface area contributed by atoms with E-state index in [1.165, 1.54) is 0 Å². The average Bonchev–Trinajstić information content (AvgIpc) is 3.04. The van der Waals surface area contributed by atoms with E-state index < -0.39 is 0 Å². The third-order valence-electron chi connectivity index (χ3n) is 4.40. The number of hydrogen-bond donors (Lipinski definition) is 1. The first-order valence-corrected chi connectivity index (χ1v) is 7.57. The summed E-state index contributed by atoms with van der Waals surface area (Å²) in [6.07, 6.45) is 0.888. The number of rotatable bonds is 3. The molecular weight excluding hydrogens is 276 g/mol. The van der Waals surface area contributed by atoms with Gasteiger partial charge in [0.1, 0.15) is 5.82 Å². The summed E-state index contributed by atoms with van der Waals surface area (Å²) in [6, 6.07) is 11.9. The Morgan fingerprint density at radius 1 is 1.27 bits per heavy atom. The van der Waals surface area contributed by atoms with Crippen LogP contribution in [0.1, 0.15) is 13.3 Å². The molecule has 1 saturated heterocycles. The molecule has 5 heteroatoms. The predicted octanol–water partition coefficient (Wildman–Crippen LogP) is 2.37. The van der Waals surface area contributed by atoms with E-state index in [1.807, 2.05) is 50.4 Å². The quantitative estimate of drug-likeness (QED) is 0.946. The first-order chi connectivity index (χ1) is 10.5. The molecule has 1 N–H and O–H groups in total. The molecule has 1 aromatic heterocycles. The van der Waals surface area contributed by atoms with Crippen LogP contribution >= 0.6 is 0 Å². The van der Waals surface area contributed by atoms with Crippen LogP contribution in [-0.2, 0) is 11.8 Å². The molecule has 0 aliphatic carbocycles. The lowest BCUT2D eigenvalue weighted by Gasteiger charge is -2.22. The molecule has 1 atom stereocenters. The number of nitrogens with one attached hydrogen (secondary N) is 1. The van der Waals surface area contributed by atoms with Gasteiger partial charge in [-0.2, -0.15) is 5.10 Å². The lowest BCUT2D eigenvalue weighted by molar-refractivity contribution is -0.124. The van der Waals surface area contributed by atoms with Crippen LogP contribution < -0.4 is 5.32 Å². The second kappa shape index (κ2) is 5.57. The standard InChI is InChI=1S/C17H22N4O/c1-17(9-10-20(2)12-17)16(22)18-15-11-14(19-21(15)3)13-7-5-4-6-8-13/h4-8,11H,9-10,12H2,1-3H3,(H,18,22). The van der Waals surface area contributed by atoms with Gasteiger partial charge in [-0.05, 0) is 26.9 Å². The van der Waals surface area contributed by atoms with E-state index in [1.54, 1.807) is 4.68 Å². The van der Waals surface area contributed by atoms with Crippen molar-refractivity contribution < 1.29 is 4.79 Å². The second-order valence-electron chi connectivity index (χ2n) is 6.41. The first kappa shape index (κ1) is 14.8. The molecule has 2 heterocycles. The van der Waals surface area contributed by atoms with Crippen LogP contribution in [0.4, 0.5) is 5.82 Å². The molecule has 1 aromatic carbocycles. The zero-order valence-corrected chi connectivity index (χ0v) is 13.3. The van der Waals surface area contributed by atoms with E-state index in [2.05, 4.69) is 22.4 Å². The van der Waals surface area contributed by atoms with Crippen LogP contribution in [0.2, 0.25) is 0 Å². The maximum Gasteiger partial charge on any atom is 0.232 e. The van der Waals surface area contributed by atoms with E-state index in [-0.39, 0.29) is 11.3 Å². The first-order valence-electron chi connectivity index (χ1n) is 7.57. The smallest absolute Gasteiger partial charge is 0.232 e. The van der Waals surface area contributed by atoms with Crippen molar-refractivity contribution in [2.24, 2.45) is 12.5 Å². The summed E-state index contributed by atoms with van der Waals surface area (Å²) < 4.78 is 1.72. The van der Waals surface area contributed by atoms with Crippen LogP contribution in [0.15, 0.2) is 36.4 Å². The summed E-state index contributed by atoms with van der Waals surface area (Å²) in [5.41, 5.74) is 1.59. The molecule has 5 nitrogen and oxygen atoms in total. The molecule has 3 rings (SSSR count). The number of benzene rings is 1. The number of amides is 1. The van der Waals surface area contributed by atoms with Gasteiger partial charge < -0.3 is 10.2 Å². The van der Waals surface area contributed by atoms with Crippen molar-refractivity contribution in [1.82, 2.24) is 14.7 Å². The number of hydrogen-bond acceptors (Lipinski definition) is 3. The molecule has 1 aliphatic rings. The summed E-state index contributed by atoms with van der Waals surface area (Å²) >= 11 is 0. The third-order valence-corrected chi connectivity index (χ3v) is 4.40. The van der Waals surface area contributed by atoms with Gasteiger partial charge in [0.05, 0.1) is 11.1 Å². The molecule has 0 radical (unpaired) electrons. The molecule has 0 spiro atoms. The fraction of sp³-hybridized carbons (Fsp3) is 0.412. The third kappa shape index (κ3) is 2.76. The van der Waals surface area contributed by atoms with Crippen molar-refractivity contribution >= 4 is 11.7 Å². The topological polar surface area (TPSA) is 50.2 Å². The van der Waals surface area contributed by atoms with Crippen molar-refractivity contribution in [2.75, 3.05) is 25.5 Å². The normalized spacial score (nSPS) is 22.0. The van der Waals surface area contributed by atoms with Gasteiger partial charge in [0.15, 0.2) is 0 Å². The van der Waals surface area contributed by atoms with Crippen molar-refractivity contribution in [3.63, 3.8) is 0 Å². The van der Waals surface area contributed by atoms with Crippen LogP contribution in [0.25, 0.3) is 11.3 Å². The van der Waals surface area contributed by atoms with Gasteiger partial charge in [0.25, 0.3) is 0 Å². The minimum absolute atomic E-state index is 0.0689. The molecule has 116 valence electrons. The van der Waals surface area contributed by atoms with Gasteiger partial charge in [-0.3, -0.25) is 9.48 Å². The van der Waals surface area contributed by atoms with Gasteiger partial charge >= 0.3 is 0 Å². The summed E-state index contributed by atoms with van der Waals surface area (Å²) in [5, 5.41) is 7.53. The van der Waals surface area contributed by atoms with Crippen LogP contribution in [0.5, 0.6) is 0 Å². The molecule has 22 heavy (non-hydrogen) atoms. The van der Waals surface area contributed by atoms with Crippen molar-refractivity contribution in [1.29, 1.82) is 0 Å². The number of aryl methyl sites for hydroxylation is 1. The molecule has 0 bridgehead atoms. The largest absolute Gasteiger partial charge is 0.310 e. The summed E-state index contributed by atoms with van der Waals surface area (Å²) in [4.78, 5) is 14.8. The van der Waals surface area contributed by atoms with E-state index in [9.17, 15) is 4.79 Å². The van der Waals surface area contributed by atoms with Crippen LogP contribution in [-0.4, -0.2) is 40.7 Å². The van der Waals surface area contributed by atoms with Crippen molar-refractivity contribution in [2.45, 2.75) is 13.3 Å². The Morgan fingerprint density at radius 3 is 2.64 bits per heavy atom. The number of aromatic nitrogens is 2. The Bertz CT molecular complexity index is 679.